The van der Waals surface area contributed by atoms with Gasteiger partial charge in [0.2, 0.25) is 0 Å². The Labute approximate surface area is 245 Å². The van der Waals surface area contributed by atoms with Crippen LogP contribution in [-0.2, 0) is 18.3 Å². The molecule has 9 heteroatoms. The molecule has 2 aromatic heterocycles. The number of fused-ring (bicyclic) bond motifs is 3. The predicted octanol–water partition coefficient (Wildman–Crippen LogP) is 5.30. The summed E-state index contributed by atoms with van der Waals surface area (Å²) in [6, 6.07) is 17.6. The summed E-state index contributed by atoms with van der Waals surface area (Å²) >= 11 is 0. The topological polar surface area (TPSA) is 95.9 Å². The predicted molar refractivity (Wildman–Crippen MR) is 164 cm³/mol. The maximum Gasteiger partial charge on any atom is 0.254 e. The highest BCUT2D eigenvalue weighted by Gasteiger charge is 2.58. The van der Waals surface area contributed by atoms with Gasteiger partial charge in [0.15, 0.2) is 0 Å². The number of nitrogens with zero attached hydrogens (tertiary/aromatic N) is 2. The van der Waals surface area contributed by atoms with E-state index < -0.39 is 0 Å². The van der Waals surface area contributed by atoms with Crippen molar-refractivity contribution in [1.82, 2.24) is 9.55 Å². The van der Waals surface area contributed by atoms with Gasteiger partial charge in [-0.05, 0) is 56.5 Å². The zero-order valence-electron chi connectivity index (χ0n) is 24.7. The number of rotatable bonds is 11. The third-order valence-electron chi connectivity index (χ3n) is 8.80. The first-order valence-electron chi connectivity index (χ1n) is 14.3. The molecule has 1 aliphatic carbocycles. The van der Waals surface area contributed by atoms with Gasteiger partial charge in [0.05, 0.1) is 26.4 Å². The second-order valence-corrected chi connectivity index (χ2v) is 11.6. The number of hydrogen-bond donors (Lipinski definition) is 2. The molecule has 0 unspecified atom stereocenters. The van der Waals surface area contributed by atoms with E-state index in [-0.39, 0.29) is 16.6 Å². The molecule has 2 aromatic carbocycles. The van der Waals surface area contributed by atoms with Crippen molar-refractivity contribution >= 4 is 22.3 Å². The van der Waals surface area contributed by atoms with Crippen molar-refractivity contribution < 1.29 is 18.9 Å². The van der Waals surface area contributed by atoms with Gasteiger partial charge in [-0.25, -0.2) is 4.98 Å². The zero-order chi connectivity index (χ0) is 29.3. The maximum atomic E-state index is 12.2. The lowest BCUT2D eigenvalue weighted by molar-refractivity contribution is -0.225. The molecule has 4 aromatic rings. The maximum absolute atomic E-state index is 12.2. The van der Waals surface area contributed by atoms with E-state index in [4.69, 9.17) is 18.9 Å². The molecule has 2 N–H and O–H groups in total. The molecule has 0 spiro atoms. The van der Waals surface area contributed by atoms with Crippen LogP contribution >= 0.6 is 0 Å². The van der Waals surface area contributed by atoms with E-state index in [1.165, 1.54) is 0 Å². The molecule has 220 valence electrons. The van der Waals surface area contributed by atoms with Gasteiger partial charge < -0.3 is 34.1 Å². The largest absolute Gasteiger partial charge is 0.497 e. The quantitative estimate of drug-likeness (QED) is 0.251. The van der Waals surface area contributed by atoms with Crippen molar-refractivity contribution in [2.24, 2.45) is 12.5 Å². The molecule has 1 saturated carbocycles. The summed E-state index contributed by atoms with van der Waals surface area (Å²) in [7, 11) is 5.08. The highest BCUT2D eigenvalue weighted by molar-refractivity contribution is 5.99. The zero-order valence-corrected chi connectivity index (χ0v) is 24.7. The first-order chi connectivity index (χ1) is 20.3. The van der Waals surface area contributed by atoms with Crippen LogP contribution in [0.2, 0.25) is 0 Å². The Morgan fingerprint density at radius 3 is 2.64 bits per heavy atom. The Hall–Kier alpha value is -4.24. The van der Waals surface area contributed by atoms with Crippen LogP contribution in [0.1, 0.15) is 30.5 Å². The summed E-state index contributed by atoms with van der Waals surface area (Å²) < 4.78 is 25.0. The van der Waals surface area contributed by atoms with Crippen LogP contribution in [0.15, 0.2) is 65.6 Å². The number of hydrogen-bond acceptors (Lipinski definition) is 8. The van der Waals surface area contributed by atoms with E-state index >= 15 is 0 Å². The van der Waals surface area contributed by atoms with Gasteiger partial charge in [0.25, 0.3) is 5.56 Å². The monoisotopic (exact) mass is 570 g/mol. The molecular formula is C33H38N4O5. The number of benzene rings is 2. The molecule has 2 saturated heterocycles. The molecule has 4 heterocycles. The van der Waals surface area contributed by atoms with E-state index in [1.807, 2.05) is 43.5 Å². The van der Waals surface area contributed by atoms with E-state index in [0.29, 0.717) is 32.1 Å². The highest BCUT2D eigenvalue weighted by atomic mass is 16.5. The standard InChI is InChI=1S/C33H38N4O5/c1-22-14-25(16-30(38)37(22)2)41-21-32-11-13-42-33(18-32,19-32)20-36-28-7-5-6-27-26(28)10-12-34-31(27)35-17-23-8-9-24(39-3)15-29(23)40-4/h5-10,12,14-16,36H,11,13,17-21H2,1-4H3,(H,34,35). The fraction of sp³-hybridized carbons (Fsp3) is 0.394. The van der Waals surface area contributed by atoms with Crippen molar-refractivity contribution in [1.29, 1.82) is 0 Å². The summed E-state index contributed by atoms with van der Waals surface area (Å²) in [6.45, 7) is 4.51. The van der Waals surface area contributed by atoms with Gasteiger partial charge in [-0.1, -0.05) is 12.1 Å². The number of nitrogens with one attached hydrogen (secondary N) is 2. The van der Waals surface area contributed by atoms with E-state index in [1.54, 1.807) is 31.9 Å². The fourth-order valence-corrected chi connectivity index (χ4v) is 6.42. The molecule has 0 radical (unpaired) electrons. The first kappa shape index (κ1) is 27.9. The minimum Gasteiger partial charge on any atom is -0.497 e. The Balaban J connectivity index is 1.11. The van der Waals surface area contributed by atoms with Crippen molar-refractivity contribution in [2.45, 2.75) is 38.3 Å². The fourth-order valence-electron chi connectivity index (χ4n) is 6.42. The van der Waals surface area contributed by atoms with Gasteiger partial charge in [-0.2, -0.15) is 0 Å². The summed E-state index contributed by atoms with van der Waals surface area (Å²) in [4.78, 5) is 16.8. The van der Waals surface area contributed by atoms with E-state index in [9.17, 15) is 4.79 Å². The van der Waals surface area contributed by atoms with Crippen molar-refractivity contribution in [3.63, 3.8) is 0 Å². The number of ether oxygens (including phenoxy) is 4. The lowest BCUT2D eigenvalue weighted by Crippen LogP contribution is -2.63. The minimum atomic E-state index is -0.217. The third-order valence-corrected chi connectivity index (χ3v) is 8.80. The number of aromatic nitrogens is 2. The molecule has 0 atom stereocenters. The van der Waals surface area contributed by atoms with Crippen LogP contribution in [0.3, 0.4) is 0 Å². The summed E-state index contributed by atoms with van der Waals surface area (Å²) in [5.41, 5.74) is 2.77. The number of pyridine rings is 2. The average molecular weight is 571 g/mol. The van der Waals surface area contributed by atoms with Gasteiger partial charge >= 0.3 is 0 Å². The van der Waals surface area contributed by atoms with Crippen molar-refractivity contribution in [2.75, 3.05) is 44.6 Å². The van der Waals surface area contributed by atoms with Crippen LogP contribution in [-0.4, -0.2) is 49.1 Å². The summed E-state index contributed by atoms with van der Waals surface area (Å²) in [6.07, 6.45) is 4.66. The summed E-state index contributed by atoms with van der Waals surface area (Å²) in [5.74, 6) is 2.98. The highest BCUT2D eigenvalue weighted by Crippen LogP contribution is 2.56. The smallest absolute Gasteiger partial charge is 0.254 e. The summed E-state index contributed by atoms with van der Waals surface area (Å²) in [5, 5.41) is 9.30. The molecule has 42 heavy (non-hydrogen) atoms. The number of methoxy groups -OCH3 is 2. The van der Waals surface area contributed by atoms with Gasteiger partial charge in [0.1, 0.15) is 23.1 Å². The molecule has 3 aliphatic rings. The van der Waals surface area contributed by atoms with Gasteiger partial charge in [-0.15, -0.1) is 0 Å². The van der Waals surface area contributed by atoms with Crippen molar-refractivity contribution in [3.8, 4) is 17.2 Å². The number of aryl methyl sites for hydroxylation is 1. The van der Waals surface area contributed by atoms with Crippen LogP contribution in [0.5, 0.6) is 17.2 Å². The van der Waals surface area contributed by atoms with Crippen LogP contribution in [0.25, 0.3) is 10.8 Å². The molecule has 2 bridgehead atoms. The molecule has 9 nitrogen and oxygen atoms in total. The van der Waals surface area contributed by atoms with Crippen molar-refractivity contribution in [3.05, 3.63) is 82.4 Å². The molecule has 0 amide bonds. The minimum absolute atomic E-state index is 0.0502. The lowest BCUT2D eigenvalue weighted by Gasteiger charge is -2.59. The van der Waals surface area contributed by atoms with Gasteiger partial charge in [0, 0.05) is 78.2 Å². The molecule has 7 rings (SSSR count). The lowest BCUT2D eigenvalue weighted by atomic mass is 9.56. The SMILES string of the molecule is COc1ccc(CNc2nccc3c(NCC45CC(COc6cc(C)n(C)c(=O)c6)(CCO4)C5)cccc23)c(OC)c1. The molecule has 2 aliphatic heterocycles. The average Bonchev–Trinajstić information content (AvgIpc) is 3.00. The third kappa shape index (κ3) is 5.36. The van der Waals surface area contributed by atoms with E-state index in [0.717, 1.165) is 64.3 Å². The first-order valence-corrected chi connectivity index (χ1v) is 14.3. The second-order valence-electron chi connectivity index (χ2n) is 11.6. The van der Waals surface area contributed by atoms with E-state index in [2.05, 4.69) is 33.8 Å². The van der Waals surface area contributed by atoms with Crippen LogP contribution in [0.4, 0.5) is 11.5 Å². The Kier molecular flexibility index (Phi) is 7.45. The Morgan fingerprint density at radius 2 is 1.86 bits per heavy atom. The number of anilines is 2. The second kappa shape index (κ2) is 11.2. The van der Waals surface area contributed by atoms with Crippen LogP contribution in [0, 0.1) is 12.3 Å². The Bertz CT molecular complexity index is 1660. The van der Waals surface area contributed by atoms with Gasteiger partial charge in [-0.3, -0.25) is 4.79 Å². The Morgan fingerprint density at radius 1 is 1.00 bits per heavy atom. The normalized spacial score (nSPS) is 21.0. The van der Waals surface area contributed by atoms with Crippen LogP contribution < -0.4 is 30.4 Å². The molecule has 3 fully saturated rings. The molecular weight excluding hydrogens is 532 g/mol.